The van der Waals surface area contributed by atoms with Crippen molar-refractivity contribution in [3.05, 3.63) is 40.5 Å². The van der Waals surface area contributed by atoms with Gasteiger partial charge in [0, 0.05) is 17.0 Å². The van der Waals surface area contributed by atoms with Gasteiger partial charge in [0.25, 0.3) is 0 Å². The van der Waals surface area contributed by atoms with Crippen LogP contribution in [0.4, 0.5) is 5.82 Å². The van der Waals surface area contributed by atoms with Crippen LogP contribution in [0.5, 0.6) is 11.5 Å². The molecule has 2 aromatic heterocycles. The minimum Gasteiger partial charge on any atom is -0.493 e. The zero-order valence-electron chi connectivity index (χ0n) is 15.6. The van der Waals surface area contributed by atoms with E-state index in [4.69, 9.17) is 9.47 Å². The second-order valence-corrected chi connectivity index (χ2v) is 7.21. The number of fused-ring (bicyclic) bond motifs is 1. The number of aromatic nitrogens is 2. The van der Waals surface area contributed by atoms with Gasteiger partial charge in [-0.1, -0.05) is 6.07 Å². The Hall–Kier alpha value is -2.67. The Morgan fingerprint density at radius 1 is 1.15 bits per heavy atom. The molecule has 0 radical (unpaired) electrons. The molecule has 0 unspecified atom stereocenters. The van der Waals surface area contributed by atoms with E-state index in [-0.39, 0.29) is 0 Å². The average Bonchev–Trinajstić information content (AvgIpc) is 2.94. The van der Waals surface area contributed by atoms with Crippen molar-refractivity contribution < 1.29 is 9.47 Å². The second kappa shape index (κ2) is 7.70. The van der Waals surface area contributed by atoms with E-state index in [1.165, 1.54) is 10.4 Å². The number of benzene rings is 1. The Labute approximate surface area is 156 Å². The maximum Gasteiger partial charge on any atom is 0.160 e. The van der Waals surface area contributed by atoms with Crippen LogP contribution in [-0.2, 0) is 6.42 Å². The van der Waals surface area contributed by atoms with Gasteiger partial charge in [-0.2, -0.15) is 5.10 Å². The van der Waals surface area contributed by atoms with Gasteiger partial charge in [-0.15, -0.1) is 11.3 Å². The molecule has 3 aromatic rings. The first-order valence-corrected chi connectivity index (χ1v) is 9.06. The molecule has 0 aliphatic heterocycles. The lowest BCUT2D eigenvalue weighted by Crippen LogP contribution is -2.04. The molecule has 0 amide bonds. The first-order valence-electron chi connectivity index (χ1n) is 8.24. The molecular weight excluding hydrogens is 348 g/mol. The number of hydrogen-bond donors (Lipinski definition) is 1. The van der Waals surface area contributed by atoms with Gasteiger partial charge >= 0.3 is 0 Å². The van der Waals surface area contributed by atoms with Gasteiger partial charge in [0.2, 0.25) is 0 Å². The van der Waals surface area contributed by atoms with Crippen LogP contribution in [0, 0.1) is 13.8 Å². The van der Waals surface area contributed by atoms with E-state index < -0.39 is 0 Å². The number of methoxy groups -OCH3 is 2. The summed E-state index contributed by atoms with van der Waals surface area (Å²) in [7, 11) is 3.26. The Morgan fingerprint density at radius 2 is 1.92 bits per heavy atom. The second-order valence-electron chi connectivity index (χ2n) is 6.01. The minimum absolute atomic E-state index is 0.698. The van der Waals surface area contributed by atoms with E-state index in [9.17, 15) is 0 Å². The number of hydrogen-bond acceptors (Lipinski definition) is 7. The Balaban J connectivity index is 1.79. The lowest BCUT2D eigenvalue weighted by molar-refractivity contribution is 0.354. The summed E-state index contributed by atoms with van der Waals surface area (Å²) in [5, 5.41) is 5.54. The summed E-state index contributed by atoms with van der Waals surface area (Å²) in [4.78, 5) is 10.9. The molecule has 26 heavy (non-hydrogen) atoms. The van der Waals surface area contributed by atoms with E-state index in [0.29, 0.717) is 12.2 Å². The number of ether oxygens (including phenoxy) is 2. The van der Waals surface area contributed by atoms with E-state index in [0.717, 1.165) is 33.1 Å². The highest BCUT2D eigenvalue weighted by Gasteiger charge is 2.11. The summed E-state index contributed by atoms with van der Waals surface area (Å²) < 4.78 is 10.6. The molecule has 0 spiro atoms. The molecule has 0 saturated heterocycles. The first kappa shape index (κ1) is 18.1. The predicted octanol–water partition coefficient (Wildman–Crippen LogP) is 4.36. The lowest BCUT2D eigenvalue weighted by Gasteiger charge is -2.09. The third-order valence-corrected chi connectivity index (χ3v) is 5.34. The summed E-state index contributed by atoms with van der Waals surface area (Å²) in [5.41, 5.74) is 6.33. The van der Waals surface area contributed by atoms with Crippen LogP contribution in [0.15, 0.2) is 29.6 Å². The van der Waals surface area contributed by atoms with E-state index in [2.05, 4.69) is 34.3 Å². The molecular formula is C19H22N4O2S. The minimum atomic E-state index is 0.698. The fraction of sp³-hybridized carbons (Fsp3) is 0.316. The Kier molecular flexibility index (Phi) is 5.37. The molecule has 0 fully saturated rings. The molecule has 136 valence electrons. The van der Waals surface area contributed by atoms with E-state index in [1.54, 1.807) is 31.9 Å². The fourth-order valence-electron chi connectivity index (χ4n) is 2.74. The molecule has 0 aliphatic carbocycles. The standard InChI is InChI=1S/C19H22N4O2S/c1-11(8-14-6-7-15(24-4)16(9-14)25-5)22-23-18-17-12(2)13(3)26-19(17)21-10-20-18/h6-7,9-10H,8H2,1-5H3,(H,20,21,23)/b22-11-. The summed E-state index contributed by atoms with van der Waals surface area (Å²) in [5.74, 6) is 2.17. The smallest absolute Gasteiger partial charge is 0.160 e. The number of aryl methyl sites for hydroxylation is 2. The zero-order chi connectivity index (χ0) is 18.7. The van der Waals surface area contributed by atoms with Crippen LogP contribution in [0.2, 0.25) is 0 Å². The molecule has 6 nitrogen and oxygen atoms in total. The van der Waals surface area contributed by atoms with Crippen LogP contribution >= 0.6 is 11.3 Å². The van der Waals surface area contributed by atoms with Crippen LogP contribution in [0.3, 0.4) is 0 Å². The predicted molar refractivity (Wildman–Crippen MR) is 107 cm³/mol. The van der Waals surface area contributed by atoms with Crippen molar-refractivity contribution in [3.8, 4) is 11.5 Å². The quantitative estimate of drug-likeness (QED) is 0.516. The van der Waals surface area contributed by atoms with Crippen LogP contribution in [0.1, 0.15) is 22.9 Å². The molecule has 3 rings (SSSR count). The third kappa shape index (κ3) is 3.62. The largest absolute Gasteiger partial charge is 0.493 e. The van der Waals surface area contributed by atoms with Gasteiger partial charge < -0.3 is 9.47 Å². The van der Waals surface area contributed by atoms with Crippen molar-refractivity contribution in [2.45, 2.75) is 27.2 Å². The fourth-order valence-corrected chi connectivity index (χ4v) is 3.74. The number of nitrogens with zero attached hydrogens (tertiary/aromatic N) is 3. The van der Waals surface area contributed by atoms with Gasteiger partial charge in [0.05, 0.1) is 19.6 Å². The molecule has 0 saturated carbocycles. The van der Waals surface area contributed by atoms with Crippen molar-refractivity contribution in [2.24, 2.45) is 5.10 Å². The third-order valence-electron chi connectivity index (χ3n) is 4.23. The van der Waals surface area contributed by atoms with Crippen molar-refractivity contribution in [1.29, 1.82) is 0 Å². The summed E-state index contributed by atoms with van der Waals surface area (Å²) >= 11 is 1.67. The van der Waals surface area contributed by atoms with Crippen molar-refractivity contribution >= 4 is 33.1 Å². The SMILES string of the molecule is COc1ccc(C/C(C)=N\Nc2ncnc3sc(C)c(C)c23)cc1OC. The van der Waals surface area contributed by atoms with Gasteiger partial charge in [0.1, 0.15) is 11.2 Å². The van der Waals surface area contributed by atoms with E-state index >= 15 is 0 Å². The van der Waals surface area contributed by atoms with Crippen LogP contribution in [-0.4, -0.2) is 29.9 Å². The van der Waals surface area contributed by atoms with Gasteiger partial charge in [-0.3, -0.25) is 5.43 Å². The van der Waals surface area contributed by atoms with Crippen LogP contribution < -0.4 is 14.9 Å². The highest BCUT2D eigenvalue weighted by atomic mass is 32.1. The molecule has 0 atom stereocenters. The van der Waals surface area contributed by atoms with E-state index in [1.807, 2.05) is 25.1 Å². The number of rotatable bonds is 6. The zero-order valence-corrected chi connectivity index (χ0v) is 16.4. The number of hydrazone groups is 1. The molecule has 1 N–H and O–H groups in total. The molecule has 0 aliphatic rings. The monoisotopic (exact) mass is 370 g/mol. The van der Waals surface area contributed by atoms with Gasteiger partial charge in [0.15, 0.2) is 17.3 Å². The van der Waals surface area contributed by atoms with Gasteiger partial charge in [-0.05, 0) is 44.0 Å². The summed E-state index contributed by atoms with van der Waals surface area (Å²) in [6, 6.07) is 5.88. The highest BCUT2D eigenvalue weighted by Crippen LogP contribution is 2.32. The summed E-state index contributed by atoms with van der Waals surface area (Å²) in [6.07, 6.45) is 2.27. The Morgan fingerprint density at radius 3 is 2.65 bits per heavy atom. The van der Waals surface area contributed by atoms with Gasteiger partial charge in [-0.25, -0.2) is 9.97 Å². The van der Waals surface area contributed by atoms with Crippen LogP contribution in [0.25, 0.3) is 10.2 Å². The molecule has 0 bridgehead atoms. The van der Waals surface area contributed by atoms with Crippen molar-refractivity contribution in [3.63, 3.8) is 0 Å². The molecule has 1 aromatic carbocycles. The number of thiophene rings is 1. The van der Waals surface area contributed by atoms with Crippen molar-refractivity contribution in [2.75, 3.05) is 19.6 Å². The normalized spacial score (nSPS) is 11.7. The topological polar surface area (TPSA) is 68.6 Å². The maximum absolute atomic E-state index is 5.36. The molecule has 7 heteroatoms. The first-order chi connectivity index (χ1) is 12.5. The maximum atomic E-state index is 5.36. The lowest BCUT2D eigenvalue weighted by atomic mass is 10.1. The number of nitrogens with one attached hydrogen (secondary N) is 1. The van der Waals surface area contributed by atoms with Crippen molar-refractivity contribution in [1.82, 2.24) is 9.97 Å². The highest BCUT2D eigenvalue weighted by molar-refractivity contribution is 7.18. The molecule has 2 heterocycles. The Bertz CT molecular complexity index is 966. The average molecular weight is 370 g/mol. The summed E-state index contributed by atoms with van der Waals surface area (Å²) in [6.45, 7) is 6.16. The number of anilines is 1.